The van der Waals surface area contributed by atoms with Crippen LogP contribution in [0.1, 0.15) is 22.0 Å². The maximum Gasteiger partial charge on any atom is 0.255 e. The molecule has 1 atom stereocenters. The van der Waals surface area contributed by atoms with E-state index in [1.165, 1.54) is 0 Å². The summed E-state index contributed by atoms with van der Waals surface area (Å²) in [6, 6.07) is 16.3. The number of benzene rings is 2. The molecule has 2 aromatic carbocycles. The van der Waals surface area contributed by atoms with E-state index in [2.05, 4.69) is 5.32 Å². The Morgan fingerprint density at radius 2 is 1.72 bits per heavy atom. The number of carbonyl (C=O) groups is 2. The largest absolute Gasteiger partial charge is 0.484 e. The van der Waals surface area contributed by atoms with Gasteiger partial charge in [0.2, 0.25) is 0 Å². The number of nitrogens with one attached hydrogen (secondary N) is 1. The van der Waals surface area contributed by atoms with Crippen LogP contribution in [0.25, 0.3) is 0 Å². The van der Waals surface area contributed by atoms with Crippen molar-refractivity contribution in [3.05, 3.63) is 65.7 Å². The maximum absolute atomic E-state index is 12.5. The zero-order valence-electron chi connectivity index (χ0n) is 14.4. The summed E-state index contributed by atoms with van der Waals surface area (Å²) in [4.78, 5) is 25.3. The fourth-order valence-corrected chi connectivity index (χ4v) is 2.38. The second kappa shape index (κ2) is 8.84. The Morgan fingerprint density at radius 3 is 2.28 bits per heavy atom. The normalized spacial score (nSPS) is 11.8. The van der Waals surface area contributed by atoms with Gasteiger partial charge in [0.15, 0.2) is 6.61 Å². The molecule has 0 fully saturated rings. The van der Waals surface area contributed by atoms with Gasteiger partial charge < -0.3 is 20.7 Å². The Balaban J connectivity index is 2.06. The third-order valence-electron chi connectivity index (χ3n) is 3.55. The first-order chi connectivity index (χ1) is 12.0. The highest BCUT2D eigenvalue weighted by Crippen LogP contribution is 2.16. The molecule has 25 heavy (non-hydrogen) atoms. The van der Waals surface area contributed by atoms with Crippen molar-refractivity contribution in [1.82, 2.24) is 10.2 Å². The molecule has 0 bridgehead atoms. The van der Waals surface area contributed by atoms with E-state index in [0.29, 0.717) is 17.9 Å². The molecule has 0 aliphatic carbocycles. The summed E-state index contributed by atoms with van der Waals surface area (Å²) in [5.41, 5.74) is 6.60. The number of hydrogen-bond donors (Lipinski definition) is 2. The molecule has 132 valence electrons. The molecule has 0 spiro atoms. The molecule has 0 heterocycles. The Hall–Kier alpha value is -2.86. The van der Waals surface area contributed by atoms with Crippen LogP contribution in [0.5, 0.6) is 5.75 Å². The topological polar surface area (TPSA) is 84.7 Å². The lowest BCUT2D eigenvalue weighted by atomic mass is 10.1. The molecule has 0 saturated carbocycles. The molecule has 2 aromatic rings. The van der Waals surface area contributed by atoms with Gasteiger partial charge in [-0.25, -0.2) is 0 Å². The van der Waals surface area contributed by atoms with Crippen molar-refractivity contribution in [3.8, 4) is 5.75 Å². The fraction of sp³-hybridized carbons (Fsp3) is 0.263. The van der Waals surface area contributed by atoms with Crippen molar-refractivity contribution in [2.45, 2.75) is 6.04 Å². The summed E-state index contributed by atoms with van der Waals surface area (Å²) in [5.74, 6) is -0.225. The van der Waals surface area contributed by atoms with Crippen LogP contribution < -0.4 is 15.8 Å². The van der Waals surface area contributed by atoms with Gasteiger partial charge in [0.25, 0.3) is 11.8 Å². The standard InChI is InChI=1S/C19H23N3O3/c1-22(2)12-17(14-6-4-3-5-7-14)21-19(24)15-8-10-16(11-9-15)25-13-18(20)23/h3-11,17H,12-13H2,1-2H3,(H2,20,23)(H,21,24)/t17-/m0/s1. The van der Waals surface area contributed by atoms with E-state index in [-0.39, 0.29) is 18.6 Å². The van der Waals surface area contributed by atoms with Gasteiger partial charge in [-0.3, -0.25) is 9.59 Å². The molecule has 0 aliphatic rings. The van der Waals surface area contributed by atoms with Crippen LogP contribution in [0.3, 0.4) is 0 Å². The third-order valence-corrected chi connectivity index (χ3v) is 3.55. The maximum atomic E-state index is 12.5. The lowest BCUT2D eigenvalue weighted by Crippen LogP contribution is -2.35. The van der Waals surface area contributed by atoms with Crippen LogP contribution in [0.2, 0.25) is 0 Å². The first kappa shape index (κ1) is 18.5. The highest BCUT2D eigenvalue weighted by molar-refractivity contribution is 5.94. The van der Waals surface area contributed by atoms with Crippen LogP contribution in [0.4, 0.5) is 0 Å². The minimum absolute atomic E-state index is 0.116. The Labute approximate surface area is 147 Å². The predicted octanol–water partition coefficient (Wildman–Crippen LogP) is 1.58. The van der Waals surface area contributed by atoms with Crippen LogP contribution in [0, 0.1) is 0 Å². The molecule has 0 aromatic heterocycles. The lowest BCUT2D eigenvalue weighted by molar-refractivity contribution is -0.119. The quantitative estimate of drug-likeness (QED) is 0.763. The number of hydrogen-bond acceptors (Lipinski definition) is 4. The van der Waals surface area contributed by atoms with Gasteiger partial charge in [0.1, 0.15) is 5.75 Å². The second-order valence-electron chi connectivity index (χ2n) is 5.98. The number of carbonyl (C=O) groups excluding carboxylic acids is 2. The summed E-state index contributed by atoms with van der Waals surface area (Å²) >= 11 is 0. The molecule has 2 rings (SSSR count). The zero-order chi connectivity index (χ0) is 18.2. The van der Waals surface area contributed by atoms with Crippen molar-refractivity contribution in [2.24, 2.45) is 5.73 Å². The van der Waals surface area contributed by atoms with Crippen LogP contribution >= 0.6 is 0 Å². The highest BCUT2D eigenvalue weighted by Gasteiger charge is 2.16. The minimum Gasteiger partial charge on any atom is -0.484 e. The summed E-state index contributed by atoms with van der Waals surface area (Å²) in [7, 11) is 3.93. The molecule has 2 amide bonds. The van der Waals surface area contributed by atoms with Crippen molar-refractivity contribution in [1.29, 1.82) is 0 Å². The van der Waals surface area contributed by atoms with Crippen molar-refractivity contribution in [2.75, 3.05) is 27.2 Å². The van der Waals surface area contributed by atoms with Crippen molar-refractivity contribution >= 4 is 11.8 Å². The Bertz CT molecular complexity index is 700. The number of nitrogens with zero attached hydrogens (tertiary/aromatic N) is 1. The fourth-order valence-electron chi connectivity index (χ4n) is 2.38. The lowest BCUT2D eigenvalue weighted by Gasteiger charge is -2.23. The van der Waals surface area contributed by atoms with Crippen molar-refractivity contribution in [3.63, 3.8) is 0 Å². The second-order valence-corrected chi connectivity index (χ2v) is 5.98. The summed E-state index contributed by atoms with van der Waals surface area (Å²) < 4.78 is 5.19. The molecule has 6 heteroatoms. The Morgan fingerprint density at radius 1 is 1.08 bits per heavy atom. The minimum atomic E-state index is -0.545. The highest BCUT2D eigenvalue weighted by atomic mass is 16.5. The number of primary amides is 1. The van der Waals surface area contributed by atoms with E-state index < -0.39 is 5.91 Å². The number of rotatable bonds is 8. The molecular formula is C19H23N3O3. The summed E-state index contributed by atoms with van der Waals surface area (Å²) in [6.45, 7) is 0.500. The monoisotopic (exact) mass is 341 g/mol. The zero-order valence-corrected chi connectivity index (χ0v) is 14.4. The molecule has 0 radical (unpaired) electrons. The molecule has 3 N–H and O–H groups in total. The van der Waals surface area contributed by atoms with Gasteiger partial charge in [-0.1, -0.05) is 30.3 Å². The number of ether oxygens (including phenoxy) is 1. The number of likely N-dealkylation sites (N-methyl/N-ethyl adjacent to an activating group) is 1. The SMILES string of the molecule is CN(C)C[C@H](NC(=O)c1ccc(OCC(N)=O)cc1)c1ccccc1. The van der Waals surface area contributed by atoms with E-state index in [1.807, 2.05) is 49.3 Å². The average Bonchev–Trinajstić information content (AvgIpc) is 2.60. The first-order valence-electron chi connectivity index (χ1n) is 7.97. The van der Waals surface area contributed by atoms with Gasteiger partial charge in [0.05, 0.1) is 6.04 Å². The number of amides is 2. The summed E-state index contributed by atoms with van der Waals surface area (Å²) in [6.07, 6.45) is 0. The van der Waals surface area contributed by atoms with Crippen LogP contribution in [-0.4, -0.2) is 44.0 Å². The average molecular weight is 341 g/mol. The molecule has 0 aliphatic heterocycles. The summed E-state index contributed by atoms with van der Waals surface area (Å²) in [5, 5.41) is 3.06. The predicted molar refractivity (Wildman–Crippen MR) is 96.3 cm³/mol. The molecule has 0 saturated heterocycles. The van der Waals surface area contributed by atoms with E-state index in [0.717, 1.165) is 5.56 Å². The molecular weight excluding hydrogens is 318 g/mol. The van der Waals surface area contributed by atoms with Gasteiger partial charge >= 0.3 is 0 Å². The van der Waals surface area contributed by atoms with E-state index in [1.54, 1.807) is 24.3 Å². The van der Waals surface area contributed by atoms with Gasteiger partial charge in [-0.2, -0.15) is 0 Å². The number of nitrogens with two attached hydrogens (primary N) is 1. The van der Waals surface area contributed by atoms with Crippen molar-refractivity contribution < 1.29 is 14.3 Å². The van der Waals surface area contributed by atoms with E-state index in [9.17, 15) is 9.59 Å². The third kappa shape index (κ3) is 5.93. The van der Waals surface area contributed by atoms with Crippen LogP contribution in [0.15, 0.2) is 54.6 Å². The van der Waals surface area contributed by atoms with E-state index in [4.69, 9.17) is 10.5 Å². The first-order valence-corrected chi connectivity index (χ1v) is 7.97. The van der Waals surface area contributed by atoms with Gasteiger partial charge in [0, 0.05) is 12.1 Å². The van der Waals surface area contributed by atoms with Crippen LogP contribution in [-0.2, 0) is 4.79 Å². The molecule has 6 nitrogen and oxygen atoms in total. The van der Waals surface area contributed by atoms with Gasteiger partial charge in [-0.05, 0) is 43.9 Å². The smallest absolute Gasteiger partial charge is 0.255 e. The van der Waals surface area contributed by atoms with Gasteiger partial charge in [-0.15, -0.1) is 0 Å². The Kier molecular flexibility index (Phi) is 6.54. The molecule has 0 unspecified atom stereocenters. The van der Waals surface area contributed by atoms with E-state index >= 15 is 0 Å².